The van der Waals surface area contributed by atoms with Crippen molar-refractivity contribution in [3.05, 3.63) is 48.3 Å². The van der Waals surface area contributed by atoms with Gasteiger partial charge in [0.05, 0.1) is 15.9 Å². The Morgan fingerprint density at radius 1 is 1.22 bits per heavy atom. The molecule has 1 fully saturated rings. The summed E-state index contributed by atoms with van der Waals surface area (Å²) < 4.78 is 14.9. The zero-order valence-electron chi connectivity index (χ0n) is 15.0. The van der Waals surface area contributed by atoms with Gasteiger partial charge in [-0.3, -0.25) is 4.79 Å². The number of carbonyl (C=O) groups excluding carboxylic acids is 1. The molecule has 0 saturated carbocycles. The molecule has 4 rings (SSSR count). The van der Waals surface area contributed by atoms with Crippen molar-refractivity contribution in [2.75, 3.05) is 18.4 Å². The van der Waals surface area contributed by atoms with Crippen molar-refractivity contribution in [2.45, 2.75) is 25.7 Å². The number of nitrogens with one attached hydrogen (secondary N) is 2. The van der Waals surface area contributed by atoms with Crippen molar-refractivity contribution in [3.63, 3.8) is 0 Å². The first-order valence-electron chi connectivity index (χ1n) is 9.35. The number of para-hydroxylation sites is 1. The highest BCUT2D eigenvalue weighted by Gasteiger charge is 2.17. The van der Waals surface area contributed by atoms with Crippen LogP contribution < -0.4 is 10.6 Å². The van der Waals surface area contributed by atoms with Gasteiger partial charge in [0.25, 0.3) is 0 Å². The lowest BCUT2D eigenvalue weighted by Crippen LogP contribution is -2.28. The van der Waals surface area contributed by atoms with Crippen LogP contribution in [0, 0.1) is 11.7 Å². The molecule has 0 atom stereocenters. The molecule has 3 aromatic rings. The van der Waals surface area contributed by atoms with Crippen molar-refractivity contribution in [1.29, 1.82) is 0 Å². The maximum absolute atomic E-state index is 13.9. The minimum absolute atomic E-state index is 0.0255. The fourth-order valence-corrected chi connectivity index (χ4v) is 4.50. The smallest absolute Gasteiger partial charge is 0.224 e. The maximum Gasteiger partial charge on any atom is 0.224 e. The summed E-state index contributed by atoms with van der Waals surface area (Å²) in [5.74, 6) is 0.244. The van der Waals surface area contributed by atoms with Crippen LogP contribution in [0.25, 0.3) is 20.8 Å². The van der Waals surface area contributed by atoms with Crippen LogP contribution in [0.5, 0.6) is 0 Å². The van der Waals surface area contributed by atoms with Crippen LogP contribution in [0.2, 0.25) is 0 Å². The van der Waals surface area contributed by atoms with Gasteiger partial charge in [-0.25, -0.2) is 9.37 Å². The summed E-state index contributed by atoms with van der Waals surface area (Å²) in [4.78, 5) is 17.1. The van der Waals surface area contributed by atoms with Gasteiger partial charge in [0.15, 0.2) is 0 Å². The lowest BCUT2D eigenvalue weighted by atomic mass is 9.93. The molecule has 1 aliphatic heterocycles. The first kappa shape index (κ1) is 18.1. The van der Waals surface area contributed by atoms with E-state index in [0.717, 1.165) is 42.6 Å². The molecule has 2 heterocycles. The summed E-state index contributed by atoms with van der Waals surface area (Å²) in [5.41, 5.74) is 2.13. The molecule has 0 aliphatic carbocycles. The summed E-state index contributed by atoms with van der Waals surface area (Å²) >= 11 is 1.50. The second-order valence-electron chi connectivity index (χ2n) is 6.96. The molecule has 0 bridgehead atoms. The van der Waals surface area contributed by atoms with Gasteiger partial charge < -0.3 is 10.6 Å². The van der Waals surface area contributed by atoms with Crippen molar-refractivity contribution in [1.82, 2.24) is 10.3 Å². The zero-order chi connectivity index (χ0) is 18.6. The third-order valence-electron chi connectivity index (χ3n) is 5.02. The predicted octanol–water partition coefficient (Wildman–Crippen LogP) is 4.82. The molecule has 1 amide bonds. The third kappa shape index (κ3) is 4.34. The second kappa shape index (κ2) is 8.15. The van der Waals surface area contributed by atoms with E-state index in [1.165, 1.54) is 23.5 Å². The summed E-state index contributed by atoms with van der Waals surface area (Å²) in [6.45, 7) is 2.07. The first-order valence-corrected chi connectivity index (χ1v) is 10.2. The number of thiazole rings is 1. The number of hydrogen-bond donors (Lipinski definition) is 2. The Morgan fingerprint density at radius 3 is 2.85 bits per heavy atom. The first-order chi connectivity index (χ1) is 13.2. The molecule has 1 aliphatic rings. The van der Waals surface area contributed by atoms with Crippen molar-refractivity contribution in [3.8, 4) is 10.6 Å². The monoisotopic (exact) mass is 383 g/mol. The van der Waals surface area contributed by atoms with E-state index in [9.17, 15) is 9.18 Å². The van der Waals surface area contributed by atoms with Crippen LogP contribution in [0.3, 0.4) is 0 Å². The van der Waals surface area contributed by atoms with E-state index in [1.807, 2.05) is 24.3 Å². The lowest BCUT2D eigenvalue weighted by molar-refractivity contribution is -0.116. The number of halogens is 1. The van der Waals surface area contributed by atoms with E-state index in [0.29, 0.717) is 28.6 Å². The summed E-state index contributed by atoms with van der Waals surface area (Å²) in [6, 6.07) is 12.3. The van der Waals surface area contributed by atoms with Crippen LogP contribution in [0.15, 0.2) is 42.5 Å². The zero-order valence-corrected chi connectivity index (χ0v) is 15.8. The topological polar surface area (TPSA) is 54.0 Å². The second-order valence-corrected chi connectivity index (χ2v) is 7.99. The SMILES string of the molecule is O=C(CCC1CCNCC1)Nc1ccc(F)cc1-c1nc2ccccc2s1. The molecule has 0 radical (unpaired) electrons. The van der Waals surface area contributed by atoms with Gasteiger partial charge in [-0.15, -0.1) is 11.3 Å². The van der Waals surface area contributed by atoms with Gasteiger partial charge in [0.1, 0.15) is 10.8 Å². The molecule has 1 aromatic heterocycles. The highest BCUT2D eigenvalue weighted by Crippen LogP contribution is 2.35. The summed E-state index contributed by atoms with van der Waals surface area (Å²) in [5, 5.41) is 7.02. The number of fused-ring (bicyclic) bond motifs is 1. The minimum atomic E-state index is -0.336. The van der Waals surface area contributed by atoms with Crippen molar-refractivity contribution in [2.24, 2.45) is 5.92 Å². The predicted molar refractivity (Wildman–Crippen MR) is 108 cm³/mol. The standard InChI is InChI=1S/C21H22FN3OS/c22-15-6-7-17(24-20(26)8-5-14-9-11-23-12-10-14)16(13-15)21-25-18-3-1-2-4-19(18)27-21/h1-4,6-7,13-14,23H,5,8-12H2,(H,24,26). The number of piperidine rings is 1. The van der Waals surface area contributed by atoms with Gasteiger partial charge >= 0.3 is 0 Å². The fourth-order valence-electron chi connectivity index (χ4n) is 3.51. The van der Waals surface area contributed by atoms with E-state index >= 15 is 0 Å². The average molecular weight is 383 g/mol. The Bertz CT molecular complexity index is 917. The number of anilines is 1. The van der Waals surface area contributed by atoms with E-state index in [1.54, 1.807) is 6.07 Å². The molecule has 0 unspecified atom stereocenters. The lowest BCUT2D eigenvalue weighted by Gasteiger charge is -2.22. The average Bonchev–Trinajstić information content (AvgIpc) is 3.12. The van der Waals surface area contributed by atoms with E-state index in [2.05, 4.69) is 15.6 Å². The molecule has 2 N–H and O–H groups in total. The molecule has 6 heteroatoms. The molecule has 0 spiro atoms. The number of carbonyl (C=O) groups is 1. The number of aromatic nitrogens is 1. The number of rotatable bonds is 5. The molecule has 1 saturated heterocycles. The molecular weight excluding hydrogens is 361 g/mol. The molecule has 140 valence electrons. The van der Waals surface area contributed by atoms with Gasteiger partial charge in [0, 0.05) is 12.0 Å². The Hall–Kier alpha value is -2.31. The van der Waals surface area contributed by atoms with Crippen LogP contribution in [-0.4, -0.2) is 24.0 Å². The van der Waals surface area contributed by atoms with Gasteiger partial charge in [-0.1, -0.05) is 12.1 Å². The summed E-state index contributed by atoms with van der Waals surface area (Å²) in [6.07, 6.45) is 3.63. The van der Waals surface area contributed by atoms with E-state index < -0.39 is 0 Å². The van der Waals surface area contributed by atoms with E-state index in [-0.39, 0.29) is 11.7 Å². The Labute approximate surface area is 161 Å². The number of amides is 1. The Morgan fingerprint density at radius 2 is 2.04 bits per heavy atom. The highest BCUT2D eigenvalue weighted by atomic mass is 32.1. The van der Waals surface area contributed by atoms with Crippen LogP contribution in [0.1, 0.15) is 25.7 Å². The Kier molecular flexibility index (Phi) is 5.45. The van der Waals surface area contributed by atoms with Gasteiger partial charge in [0.2, 0.25) is 5.91 Å². The number of nitrogens with zero attached hydrogens (tertiary/aromatic N) is 1. The Balaban J connectivity index is 1.51. The van der Waals surface area contributed by atoms with E-state index in [4.69, 9.17) is 0 Å². The van der Waals surface area contributed by atoms with Crippen molar-refractivity contribution >= 4 is 33.1 Å². The van der Waals surface area contributed by atoms with Gasteiger partial charge in [-0.05, 0) is 68.6 Å². The van der Waals surface area contributed by atoms with Crippen molar-refractivity contribution < 1.29 is 9.18 Å². The van der Waals surface area contributed by atoms with Crippen LogP contribution in [0.4, 0.5) is 10.1 Å². The normalized spacial score (nSPS) is 15.1. The quantitative estimate of drug-likeness (QED) is 0.664. The van der Waals surface area contributed by atoms with Crippen LogP contribution >= 0.6 is 11.3 Å². The fraction of sp³-hybridized carbons (Fsp3) is 0.333. The molecule has 4 nitrogen and oxygen atoms in total. The third-order valence-corrected chi connectivity index (χ3v) is 6.09. The van der Waals surface area contributed by atoms with Crippen LogP contribution in [-0.2, 0) is 4.79 Å². The maximum atomic E-state index is 13.9. The molecular formula is C21H22FN3OS. The minimum Gasteiger partial charge on any atom is -0.325 e. The number of benzene rings is 2. The highest BCUT2D eigenvalue weighted by molar-refractivity contribution is 7.21. The molecule has 27 heavy (non-hydrogen) atoms. The summed E-state index contributed by atoms with van der Waals surface area (Å²) in [7, 11) is 0. The van der Waals surface area contributed by atoms with Gasteiger partial charge in [-0.2, -0.15) is 0 Å². The molecule has 2 aromatic carbocycles. The number of hydrogen-bond acceptors (Lipinski definition) is 4. The largest absolute Gasteiger partial charge is 0.325 e.